The summed E-state index contributed by atoms with van der Waals surface area (Å²) in [6, 6.07) is 0. The van der Waals surface area contributed by atoms with E-state index in [9.17, 15) is 4.79 Å². The Hall–Kier alpha value is -1.46. The molecule has 7 heteroatoms. The van der Waals surface area contributed by atoms with E-state index >= 15 is 0 Å². The lowest BCUT2D eigenvalue weighted by Gasteiger charge is -2.42. The smallest absolute Gasteiger partial charge is 0.407 e. The second-order valence-electron chi connectivity index (χ2n) is 4.46. The summed E-state index contributed by atoms with van der Waals surface area (Å²) < 4.78 is 0. The summed E-state index contributed by atoms with van der Waals surface area (Å²) in [7, 11) is 0. The Bertz CT molecular complexity index is 303. The number of carboxylic acid groups (broad SMARTS) is 1. The largest absolute Gasteiger partial charge is 0.465 e. The van der Waals surface area contributed by atoms with Crippen LogP contribution in [0, 0.1) is 0 Å². The summed E-state index contributed by atoms with van der Waals surface area (Å²) in [4.78, 5) is 17.0. The van der Waals surface area contributed by atoms with Gasteiger partial charge >= 0.3 is 6.09 Å². The average molecular weight is 227 g/mol. The molecule has 1 amide bonds. The van der Waals surface area contributed by atoms with Crippen molar-refractivity contribution >= 4 is 6.09 Å². The molecule has 0 radical (unpaired) electrons. The van der Waals surface area contributed by atoms with Crippen LogP contribution >= 0.6 is 0 Å². The molecule has 7 nitrogen and oxygen atoms in total. The second kappa shape index (κ2) is 5.05. The number of nitrogens with zero attached hydrogens (tertiary/aromatic N) is 5. The molecular weight excluding hydrogens is 210 g/mol. The molecule has 16 heavy (non-hydrogen) atoms. The molecule has 0 atom stereocenters. The summed E-state index contributed by atoms with van der Waals surface area (Å²) in [5, 5.41) is 12.4. The molecule has 1 N–H and O–H groups in total. The van der Waals surface area contributed by atoms with Crippen molar-refractivity contribution in [3.05, 3.63) is 10.4 Å². The molecule has 90 valence electrons. The lowest BCUT2D eigenvalue weighted by atomic mass is 10.0. The number of piperazine rings is 1. The van der Waals surface area contributed by atoms with Crippen molar-refractivity contribution in [1.82, 2.24) is 9.80 Å². The van der Waals surface area contributed by atoms with Crippen LogP contribution in [0.1, 0.15) is 13.8 Å². The number of hydrogen-bond donors (Lipinski definition) is 1. The average Bonchev–Trinajstić information content (AvgIpc) is 2.26. The van der Waals surface area contributed by atoms with Crippen molar-refractivity contribution in [3.63, 3.8) is 0 Å². The van der Waals surface area contributed by atoms with Gasteiger partial charge in [-0.25, -0.2) is 4.79 Å². The van der Waals surface area contributed by atoms with E-state index in [-0.39, 0.29) is 5.54 Å². The standard InChI is InChI=1S/C9H17N5O2/c1-9(2,7-11-12-10)14-5-3-13(4-6-14)8(15)16/h3-7H2,1-2H3,(H,15,16). The zero-order chi connectivity index (χ0) is 12.2. The minimum Gasteiger partial charge on any atom is -0.465 e. The number of azide groups is 1. The van der Waals surface area contributed by atoms with Gasteiger partial charge in [-0.2, -0.15) is 0 Å². The Morgan fingerprint density at radius 3 is 2.44 bits per heavy atom. The van der Waals surface area contributed by atoms with E-state index < -0.39 is 6.09 Å². The molecule has 0 spiro atoms. The Balaban J connectivity index is 2.52. The predicted octanol–water partition coefficient (Wildman–Crippen LogP) is 1.37. The van der Waals surface area contributed by atoms with Gasteiger partial charge in [0.15, 0.2) is 0 Å². The monoisotopic (exact) mass is 227 g/mol. The number of amides is 1. The van der Waals surface area contributed by atoms with E-state index in [4.69, 9.17) is 10.6 Å². The molecule has 0 aromatic carbocycles. The predicted molar refractivity (Wildman–Crippen MR) is 59.3 cm³/mol. The minimum atomic E-state index is -0.868. The molecule has 0 aromatic rings. The van der Waals surface area contributed by atoms with E-state index in [1.54, 1.807) is 0 Å². The van der Waals surface area contributed by atoms with Gasteiger partial charge in [0.2, 0.25) is 0 Å². The Morgan fingerprint density at radius 1 is 1.44 bits per heavy atom. The molecule has 1 rings (SSSR count). The van der Waals surface area contributed by atoms with Crippen LogP contribution < -0.4 is 0 Å². The topological polar surface area (TPSA) is 92.5 Å². The van der Waals surface area contributed by atoms with Crippen LogP contribution in [-0.2, 0) is 0 Å². The lowest BCUT2D eigenvalue weighted by molar-refractivity contribution is 0.0554. The van der Waals surface area contributed by atoms with Crippen LogP contribution in [0.15, 0.2) is 5.11 Å². The highest BCUT2D eigenvalue weighted by atomic mass is 16.4. The fraction of sp³-hybridized carbons (Fsp3) is 0.889. The molecular formula is C9H17N5O2. The van der Waals surface area contributed by atoms with Crippen molar-refractivity contribution in [2.45, 2.75) is 19.4 Å². The van der Waals surface area contributed by atoms with Crippen molar-refractivity contribution in [1.29, 1.82) is 0 Å². The molecule has 1 aliphatic heterocycles. The van der Waals surface area contributed by atoms with E-state index in [2.05, 4.69) is 14.9 Å². The van der Waals surface area contributed by atoms with Crippen LogP contribution in [0.25, 0.3) is 10.4 Å². The molecule has 0 aromatic heterocycles. The first kappa shape index (κ1) is 12.6. The first-order valence-electron chi connectivity index (χ1n) is 5.21. The third-order valence-electron chi connectivity index (χ3n) is 2.93. The van der Waals surface area contributed by atoms with E-state index in [0.29, 0.717) is 32.7 Å². The minimum absolute atomic E-state index is 0.211. The summed E-state index contributed by atoms with van der Waals surface area (Å²) >= 11 is 0. The van der Waals surface area contributed by atoms with E-state index in [1.807, 2.05) is 13.8 Å². The summed E-state index contributed by atoms with van der Waals surface area (Å²) in [6.45, 7) is 6.78. The number of carbonyl (C=O) groups is 1. The molecule has 0 saturated carbocycles. The van der Waals surface area contributed by atoms with Gasteiger partial charge in [-0.15, -0.1) is 0 Å². The fourth-order valence-electron chi connectivity index (χ4n) is 1.81. The molecule has 1 saturated heterocycles. The molecule has 0 unspecified atom stereocenters. The highest BCUT2D eigenvalue weighted by molar-refractivity contribution is 5.65. The van der Waals surface area contributed by atoms with Gasteiger partial charge in [0.05, 0.1) is 0 Å². The molecule has 0 bridgehead atoms. The lowest BCUT2D eigenvalue weighted by Crippen LogP contribution is -2.56. The van der Waals surface area contributed by atoms with Gasteiger partial charge in [-0.3, -0.25) is 4.90 Å². The Labute approximate surface area is 94.3 Å². The molecule has 1 fully saturated rings. The van der Waals surface area contributed by atoms with Crippen molar-refractivity contribution in [2.75, 3.05) is 32.7 Å². The highest BCUT2D eigenvalue weighted by Crippen LogP contribution is 2.17. The van der Waals surface area contributed by atoms with Gasteiger partial charge in [-0.05, 0) is 19.4 Å². The van der Waals surface area contributed by atoms with E-state index in [1.165, 1.54) is 4.90 Å². The third kappa shape index (κ3) is 3.01. The summed E-state index contributed by atoms with van der Waals surface area (Å²) in [5.74, 6) is 0. The van der Waals surface area contributed by atoms with Crippen LogP contribution in [0.4, 0.5) is 4.79 Å². The van der Waals surface area contributed by atoms with Crippen LogP contribution in [-0.4, -0.2) is 59.3 Å². The maximum absolute atomic E-state index is 10.7. The van der Waals surface area contributed by atoms with Crippen LogP contribution in [0.3, 0.4) is 0 Å². The zero-order valence-electron chi connectivity index (χ0n) is 9.63. The van der Waals surface area contributed by atoms with Crippen LogP contribution in [0.2, 0.25) is 0 Å². The first-order chi connectivity index (χ1) is 7.47. The summed E-state index contributed by atoms with van der Waals surface area (Å²) in [6.07, 6.45) is -0.868. The van der Waals surface area contributed by atoms with Gasteiger partial charge in [0.25, 0.3) is 0 Å². The fourth-order valence-corrected chi connectivity index (χ4v) is 1.81. The van der Waals surface area contributed by atoms with Gasteiger partial charge in [0, 0.05) is 43.2 Å². The SMILES string of the molecule is CC(C)(CN=[N+]=[N-])N1CCN(C(=O)O)CC1. The second-order valence-corrected chi connectivity index (χ2v) is 4.46. The van der Waals surface area contributed by atoms with Gasteiger partial charge in [0.1, 0.15) is 0 Å². The number of hydrogen-bond acceptors (Lipinski definition) is 3. The third-order valence-corrected chi connectivity index (χ3v) is 2.93. The maximum atomic E-state index is 10.7. The van der Waals surface area contributed by atoms with Crippen molar-refractivity contribution < 1.29 is 9.90 Å². The molecule has 1 heterocycles. The maximum Gasteiger partial charge on any atom is 0.407 e. The van der Waals surface area contributed by atoms with Crippen molar-refractivity contribution in [2.24, 2.45) is 5.11 Å². The Morgan fingerprint density at radius 2 is 2.00 bits per heavy atom. The van der Waals surface area contributed by atoms with E-state index in [0.717, 1.165) is 0 Å². The molecule has 0 aliphatic carbocycles. The molecule has 1 aliphatic rings. The zero-order valence-corrected chi connectivity index (χ0v) is 9.63. The highest BCUT2D eigenvalue weighted by Gasteiger charge is 2.30. The van der Waals surface area contributed by atoms with Crippen molar-refractivity contribution in [3.8, 4) is 0 Å². The van der Waals surface area contributed by atoms with Gasteiger partial charge in [-0.1, -0.05) is 5.11 Å². The number of rotatable bonds is 3. The Kier molecular flexibility index (Phi) is 3.98. The van der Waals surface area contributed by atoms with Crippen LogP contribution in [0.5, 0.6) is 0 Å². The first-order valence-corrected chi connectivity index (χ1v) is 5.21. The van der Waals surface area contributed by atoms with Gasteiger partial charge < -0.3 is 10.0 Å². The normalized spacial score (nSPS) is 18.0. The summed E-state index contributed by atoms with van der Waals surface area (Å²) in [5.41, 5.74) is 8.09. The quantitative estimate of drug-likeness (QED) is 0.448.